The van der Waals surface area contributed by atoms with Gasteiger partial charge in [0.25, 0.3) is 0 Å². The highest BCUT2D eigenvalue weighted by atomic mass is 14.6. The first-order chi connectivity index (χ1) is 16.7. The second-order valence-corrected chi connectivity index (χ2v) is 9.33. The number of para-hydroxylation sites is 1. The minimum Gasteiger partial charge on any atom is -0.398 e. The monoisotopic (exact) mass is 441 g/mol. The smallest absolute Gasteiger partial charge is 0.0393 e. The molecule has 0 fully saturated rings. The minimum absolute atomic E-state index is 0.509. The SMILES string of the molecule is Cc1ccc(C2=CCC(Cc3ccc(Cc4ccccc4)c(-c4ccccc4N)c3)C=C2)cc1. The van der Waals surface area contributed by atoms with E-state index in [-0.39, 0.29) is 0 Å². The maximum Gasteiger partial charge on any atom is 0.0393 e. The Morgan fingerprint density at radius 2 is 1.53 bits per heavy atom. The summed E-state index contributed by atoms with van der Waals surface area (Å²) < 4.78 is 0. The Balaban J connectivity index is 1.38. The van der Waals surface area contributed by atoms with Crippen LogP contribution in [0.3, 0.4) is 0 Å². The quantitative estimate of drug-likeness (QED) is 0.301. The Kier molecular flexibility index (Phi) is 6.44. The molecule has 0 aliphatic heterocycles. The zero-order valence-corrected chi connectivity index (χ0v) is 19.7. The lowest BCUT2D eigenvalue weighted by Gasteiger charge is -2.19. The lowest BCUT2D eigenvalue weighted by Crippen LogP contribution is -2.05. The third-order valence-corrected chi connectivity index (χ3v) is 6.73. The van der Waals surface area contributed by atoms with Crippen molar-refractivity contribution >= 4 is 11.3 Å². The average Bonchev–Trinajstić information content (AvgIpc) is 2.87. The van der Waals surface area contributed by atoms with Crippen LogP contribution in [0.15, 0.2) is 115 Å². The van der Waals surface area contributed by atoms with E-state index in [1.54, 1.807) is 0 Å². The summed E-state index contributed by atoms with van der Waals surface area (Å²) >= 11 is 0. The molecule has 0 saturated carbocycles. The first-order valence-corrected chi connectivity index (χ1v) is 12.1. The fraction of sp³-hybridized carbons (Fsp3) is 0.152. The van der Waals surface area contributed by atoms with Gasteiger partial charge < -0.3 is 5.73 Å². The van der Waals surface area contributed by atoms with E-state index in [0.29, 0.717) is 5.92 Å². The van der Waals surface area contributed by atoms with Gasteiger partial charge in [-0.3, -0.25) is 0 Å². The molecular formula is C33H31N. The van der Waals surface area contributed by atoms with E-state index < -0.39 is 0 Å². The third kappa shape index (κ3) is 5.05. The highest BCUT2D eigenvalue weighted by Gasteiger charge is 2.14. The van der Waals surface area contributed by atoms with Crippen molar-refractivity contribution in [1.82, 2.24) is 0 Å². The van der Waals surface area contributed by atoms with Crippen LogP contribution in [0.2, 0.25) is 0 Å². The van der Waals surface area contributed by atoms with Crippen molar-refractivity contribution in [2.24, 2.45) is 5.92 Å². The lowest BCUT2D eigenvalue weighted by molar-refractivity contribution is 0.655. The third-order valence-electron chi connectivity index (χ3n) is 6.73. The van der Waals surface area contributed by atoms with Crippen LogP contribution in [0.25, 0.3) is 16.7 Å². The summed E-state index contributed by atoms with van der Waals surface area (Å²) in [6, 6.07) is 34.6. The maximum absolute atomic E-state index is 6.41. The molecule has 0 radical (unpaired) electrons. The van der Waals surface area contributed by atoms with Crippen molar-refractivity contribution in [3.63, 3.8) is 0 Å². The van der Waals surface area contributed by atoms with Gasteiger partial charge in [0.1, 0.15) is 0 Å². The van der Waals surface area contributed by atoms with E-state index in [0.717, 1.165) is 30.5 Å². The molecule has 0 aromatic heterocycles. The highest BCUT2D eigenvalue weighted by Crippen LogP contribution is 2.33. The van der Waals surface area contributed by atoms with Gasteiger partial charge in [0, 0.05) is 11.3 Å². The Hall–Kier alpha value is -3.84. The first kappa shape index (κ1) is 22.0. The number of hydrogen-bond donors (Lipinski definition) is 1. The molecule has 1 aliphatic rings. The Labute approximate surface area is 203 Å². The van der Waals surface area contributed by atoms with Crippen LogP contribution in [0.4, 0.5) is 5.69 Å². The van der Waals surface area contributed by atoms with Gasteiger partial charge in [-0.05, 0) is 71.6 Å². The molecule has 5 rings (SSSR count). The predicted octanol–water partition coefficient (Wildman–Crippen LogP) is 8.04. The summed E-state index contributed by atoms with van der Waals surface area (Å²) in [7, 11) is 0. The fourth-order valence-electron chi connectivity index (χ4n) is 4.79. The van der Waals surface area contributed by atoms with E-state index >= 15 is 0 Å². The Bertz CT molecular complexity index is 1330. The number of benzene rings is 4. The van der Waals surface area contributed by atoms with Crippen molar-refractivity contribution in [2.75, 3.05) is 5.73 Å². The summed E-state index contributed by atoms with van der Waals surface area (Å²) in [6.45, 7) is 2.13. The van der Waals surface area contributed by atoms with Gasteiger partial charge in [-0.2, -0.15) is 0 Å². The van der Waals surface area contributed by atoms with Crippen molar-refractivity contribution < 1.29 is 0 Å². The summed E-state index contributed by atoms with van der Waals surface area (Å²) in [5.74, 6) is 0.509. The van der Waals surface area contributed by atoms with Crippen molar-refractivity contribution in [3.05, 3.63) is 143 Å². The first-order valence-electron chi connectivity index (χ1n) is 12.1. The topological polar surface area (TPSA) is 26.0 Å². The number of rotatable bonds is 6. The van der Waals surface area contributed by atoms with Gasteiger partial charge in [0.2, 0.25) is 0 Å². The second-order valence-electron chi connectivity index (χ2n) is 9.33. The molecule has 1 nitrogen and oxygen atoms in total. The number of anilines is 1. The molecule has 0 heterocycles. The number of allylic oxidation sites excluding steroid dienone is 4. The fourth-order valence-corrected chi connectivity index (χ4v) is 4.79. The molecule has 1 unspecified atom stereocenters. The van der Waals surface area contributed by atoms with Gasteiger partial charge in [0.05, 0.1) is 0 Å². The highest BCUT2D eigenvalue weighted by molar-refractivity contribution is 5.79. The Morgan fingerprint density at radius 3 is 2.26 bits per heavy atom. The van der Waals surface area contributed by atoms with Gasteiger partial charge in [-0.25, -0.2) is 0 Å². The molecular weight excluding hydrogens is 410 g/mol. The zero-order chi connectivity index (χ0) is 23.3. The van der Waals surface area contributed by atoms with Crippen LogP contribution >= 0.6 is 0 Å². The van der Waals surface area contributed by atoms with Gasteiger partial charge in [-0.15, -0.1) is 0 Å². The number of hydrogen-bond acceptors (Lipinski definition) is 1. The number of aryl methyl sites for hydroxylation is 1. The molecule has 1 aliphatic carbocycles. The van der Waals surface area contributed by atoms with E-state index in [2.05, 4.69) is 110 Å². The summed E-state index contributed by atoms with van der Waals surface area (Å²) in [4.78, 5) is 0. The van der Waals surface area contributed by atoms with Crippen LogP contribution < -0.4 is 5.73 Å². The van der Waals surface area contributed by atoms with E-state index in [1.165, 1.54) is 39.0 Å². The van der Waals surface area contributed by atoms with Crippen molar-refractivity contribution in [3.8, 4) is 11.1 Å². The molecule has 168 valence electrons. The van der Waals surface area contributed by atoms with Crippen molar-refractivity contribution in [2.45, 2.75) is 26.2 Å². The summed E-state index contributed by atoms with van der Waals surface area (Å²) in [6.07, 6.45) is 10.0. The molecule has 1 atom stereocenters. The molecule has 34 heavy (non-hydrogen) atoms. The Morgan fingerprint density at radius 1 is 0.765 bits per heavy atom. The number of nitrogens with two attached hydrogens (primary N) is 1. The summed E-state index contributed by atoms with van der Waals surface area (Å²) in [5.41, 5.74) is 17.5. The van der Waals surface area contributed by atoms with Crippen LogP contribution in [0.5, 0.6) is 0 Å². The van der Waals surface area contributed by atoms with Crippen LogP contribution in [-0.2, 0) is 12.8 Å². The predicted molar refractivity (Wildman–Crippen MR) is 146 cm³/mol. The van der Waals surface area contributed by atoms with Crippen LogP contribution in [0, 0.1) is 12.8 Å². The van der Waals surface area contributed by atoms with E-state index in [1.807, 2.05) is 12.1 Å². The van der Waals surface area contributed by atoms with Crippen LogP contribution in [0.1, 0.15) is 34.2 Å². The van der Waals surface area contributed by atoms with E-state index in [9.17, 15) is 0 Å². The van der Waals surface area contributed by atoms with Gasteiger partial charge in [0.15, 0.2) is 0 Å². The van der Waals surface area contributed by atoms with E-state index in [4.69, 9.17) is 5.73 Å². The molecule has 0 amide bonds. The molecule has 0 saturated heterocycles. The maximum atomic E-state index is 6.41. The standard InChI is InChI=1S/C33H31N/c1-24-11-16-28(17-12-24)29-18-13-26(14-19-29)21-27-15-20-30(22-25-7-3-2-4-8-25)32(23-27)31-9-5-6-10-33(31)34/h2-13,15-20,23,26H,14,21-22,34H2,1H3. The molecule has 0 bridgehead atoms. The molecule has 0 spiro atoms. The molecule has 1 heteroatoms. The minimum atomic E-state index is 0.509. The molecule has 4 aromatic rings. The van der Waals surface area contributed by atoms with Gasteiger partial charge in [-0.1, -0.05) is 115 Å². The number of nitrogen functional groups attached to an aromatic ring is 1. The van der Waals surface area contributed by atoms with Gasteiger partial charge >= 0.3 is 0 Å². The zero-order valence-electron chi connectivity index (χ0n) is 19.7. The van der Waals surface area contributed by atoms with Crippen molar-refractivity contribution in [1.29, 1.82) is 0 Å². The summed E-state index contributed by atoms with van der Waals surface area (Å²) in [5, 5.41) is 0. The largest absolute Gasteiger partial charge is 0.398 e. The normalized spacial score (nSPS) is 15.2. The average molecular weight is 442 g/mol. The second kappa shape index (κ2) is 9.97. The lowest BCUT2D eigenvalue weighted by atomic mass is 9.86. The van der Waals surface area contributed by atoms with Crippen LogP contribution in [-0.4, -0.2) is 0 Å². The molecule has 2 N–H and O–H groups in total. The molecule has 4 aromatic carbocycles.